The number of aromatic nitrogens is 3. The highest BCUT2D eigenvalue weighted by molar-refractivity contribution is 8.00. The highest BCUT2D eigenvalue weighted by Crippen LogP contribution is 2.41. The fourth-order valence-corrected chi connectivity index (χ4v) is 5.13. The predicted octanol–water partition coefficient (Wildman–Crippen LogP) is 5.36. The minimum atomic E-state index is -0.296. The van der Waals surface area contributed by atoms with Crippen LogP contribution in [0.3, 0.4) is 0 Å². The van der Waals surface area contributed by atoms with Crippen LogP contribution in [0.4, 0.5) is 11.8 Å². The van der Waals surface area contributed by atoms with Crippen LogP contribution in [0.5, 0.6) is 5.88 Å². The molecule has 34 heavy (non-hydrogen) atoms. The number of pyridine rings is 1. The fourth-order valence-electron chi connectivity index (χ4n) is 2.99. The summed E-state index contributed by atoms with van der Waals surface area (Å²) in [6, 6.07) is 12.2. The molecular weight excluding hydrogens is 470 g/mol. The summed E-state index contributed by atoms with van der Waals surface area (Å²) in [5.41, 5.74) is 2.07. The lowest BCUT2D eigenvalue weighted by Crippen LogP contribution is -2.13. The van der Waals surface area contributed by atoms with Crippen molar-refractivity contribution in [3.05, 3.63) is 53.9 Å². The van der Waals surface area contributed by atoms with Gasteiger partial charge in [0.1, 0.15) is 0 Å². The molecule has 0 radical (unpaired) electrons. The van der Waals surface area contributed by atoms with Crippen LogP contribution in [-0.2, 0) is 15.3 Å². The summed E-state index contributed by atoms with van der Waals surface area (Å²) in [6.45, 7) is 6.90. The third-order valence-electron chi connectivity index (χ3n) is 4.48. The van der Waals surface area contributed by atoms with Crippen LogP contribution >= 0.6 is 23.5 Å². The Hall–Kier alpha value is -3.11. The molecule has 0 aliphatic carbocycles. The Morgan fingerprint density at radius 2 is 1.71 bits per heavy atom. The highest BCUT2D eigenvalue weighted by Gasteiger charge is 2.19. The number of nitrogens with one attached hydrogen (secondary N) is 2. The Bertz CT molecular complexity index is 1170. The van der Waals surface area contributed by atoms with Crippen LogP contribution in [-0.4, -0.2) is 33.9 Å². The molecule has 0 aliphatic heterocycles. The second-order valence-electron chi connectivity index (χ2n) is 7.68. The van der Waals surface area contributed by atoms with Gasteiger partial charge in [-0.25, -0.2) is 9.97 Å². The van der Waals surface area contributed by atoms with Gasteiger partial charge in [-0.3, -0.25) is 14.9 Å². The number of benzene rings is 1. The molecule has 1 aromatic carbocycles. The number of hydrogen-bond acceptors (Lipinski definition) is 8. The van der Waals surface area contributed by atoms with Crippen LogP contribution in [0.15, 0.2) is 57.3 Å². The Balaban J connectivity index is 1.98. The summed E-state index contributed by atoms with van der Waals surface area (Å²) in [5.74, 6) is 1.36. The minimum Gasteiger partial charge on any atom is -0.480 e. The van der Waals surface area contributed by atoms with E-state index in [1.54, 1.807) is 25.1 Å². The molecule has 3 rings (SSSR count). The average molecular weight is 498 g/mol. The number of nitrogens with zero attached hydrogens (tertiary/aromatic N) is 3. The largest absolute Gasteiger partial charge is 0.480 e. The molecule has 2 amide bonds. The summed E-state index contributed by atoms with van der Waals surface area (Å²) < 4.78 is 5.60. The molecule has 2 heterocycles. The van der Waals surface area contributed by atoms with E-state index in [0.717, 1.165) is 21.2 Å². The molecule has 2 aromatic heterocycles. The lowest BCUT2D eigenvalue weighted by molar-refractivity contribution is -0.115. The number of carbonyl (C=O) groups excluding carboxylic acids is 2. The van der Waals surface area contributed by atoms with Crippen LogP contribution in [0.2, 0.25) is 0 Å². The van der Waals surface area contributed by atoms with E-state index in [2.05, 4.69) is 52.6 Å². The van der Waals surface area contributed by atoms with Gasteiger partial charge in [0.2, 0.25) is 23.6 Å². The lowest BCUT2D eigenvalue weighted by Gasteiger charge is -2.17. The van der Waals surface area contributed by atoms with Gasteiger partial charge < -0.3 is 10.1 Å². The highest BCUT2D eigenvalue weighted by atomic mass is 32.2. The number of thioether (sulfide) groups is 1. The zero-order chi connectivity index (χ0) is 24.7. The van der Waals surface area contributed by atoms with Gasteiger partial charge in [0.15, 0.2) is 5.82 Å². The van der Waals surface area contributed by atoms with Gasteiger partial charge >= 0.3 is 0 Å². The van der Waals surface area contributed by atoms with E-state index in [9.17, 15) is 9.59 Å². The summed E-state index contributed by atoms with van der Waals surface area (Å²) in [7, 11) is 1.62. The van der Waals surface area contributed by atoms with Crippen molar-refractivity contribution < 1.29 is 14.3 Å². The molecule has 0 bridgehead atoms. The molecule has 0 fully saturated rings. The summed E-state index contributed by atoms with van der Waals surface area (Å²) in [4.78, 5) is 39.0. The molecule has 8 nitrogen and oxygen atoms in total. The fraction of sp³-hybridized carbons (Fsp3) is 0.292. The molecule has 0 saturated carbocycles. The van der Waals surface area contributed by atoms with Crippen molar-refractivity contribution >= 4 is 47.1 Å². The first-order chi connectivity index (χ1) is 16.3. The first-order valence-corrected chi connectivity index (χ1v) is 12.4. The van der Waals surface area contributed by atoms with Crippen molar-refractivity contribution in [2.45, 2.75) is 54.1 Å². The average Bonchev–Trinajstić information content (AvgIpc) is 2.79. The molecule has 178 valence electrons. The normalized spacial score (nSPS) is 10.8. The number of carbonyl (C=O) groups is 2. The van der Waals surface area contributed by atoms with Crippen molar-refractivity contribution in [1.82, 2.24) is 15.0 Å². The quantitative estimate of drug-likeness (QED) is 0.380. The first kappa shape index (κ1) is 25.5. The van der Waals surface area contributed by atoms with Crippen molar-refractivity contribution in [1.29, 1.82) is 0 Å². The van der Waals surface area contributed by atoms with Crippen molar-refractivity contribution in [3.63, 3.8) is 0 Å². The smallest absolute Gasteiger partial charge is 0.231 e. The molecule has 0 spiro atoms. The Kier molecular flexibility index (Phi) is 8.89. The standard InChI is InChI=1S/C24H27N5O3S2/c1-14(2)21-18(11-19(23(28-21)32-5)33-13-17-9-7-6-8-10-17)34-20-12-25-24(27-16(4)31)29-22(20)26-15(3)30/h6-12,14H,13H2,1-5H3,(H2,25,26,27,29,30,31). The summed E-state index contributed by atoms with van der Waals surface area (Å²) in [6.07, 6.45) is 1.58. The molecule has 0 unspecified atom stereocenters. The third-order valence-corrected chi connectivity index (χ3v) is 6.63. The second-order valence-corrected chi connectivity index (χ2v) is 9.78. The van der Waals surface area contributed by atoms with Gasteiger partial charge in [-0.05, 0) is 17.5 Å². The number of rotatable bonds is 9. The van der Waals surface area contributed by atoms with Crippen LogP contribution in [0, 0.1) is 0 Å². The number of hydrogen-bond donors (Lipinski definition) is 2. The first-order valence-electron chi connectivity index (χ1n) is 10.6. The van der Waals surface area contributed by atoms with E-state index in [0.29, 0.717) is 16.6 Å². The van der Waals surface area contributed by atoms with E-state index in [1.807, 2.05) is 18.2 Å². The van der Waals surface area contributed by atoms with Crippen LogP contribution in [0.25, 0.3) is 0 Å². The van der Waals surface area contributed by atoms with E-state index >= 15 is 0 Å². The van der Waals surface area contributed by atoms with Gasteiger partial charge in [0, 0.05) is 30.7 Å². The second kappa shape index (κ2) is 11.8. The predicted molar refractivity (Wildman–Crippen MR) is 136 cm³/mol. The summed E-state index contributed by atoms with van der Waals surface area (Å²) in [5, 5.41) is 5.27. The SMILES string of the molecule is COc1nc(C(C)C)c(Sc2cnc(NC(C)=O)nc2NC(C)=O)cc1SCc1ccccc1. The molecule has 10 heteroatoms. The van der Waals surface area contributed by atoms with Crippen molar-refractivity contribution in [2.24, 2.45) is 0 Å². The maximum atomic E-state index is 11.8. The molecule has 2 N–H and O–H groups in total. The topological polar surface area (TPSA) is 106 Å². The van der Waals surface area contributed by atoms with Gasteiger partial charge in [-0.1, -0.05) is 55.9 Å². The van der Waals surface area contributed by atoms with Gasteiger partial charge in [-0.2, -0.15) is 4.98 Å². The van der Waals surface area contributed by atoms with Crippen LogP contribution in [0.1, 0.15) is 44.9 Å². The number of methoxy groups -OCH3 is 1. The zero-order valence-electron chi connectivity index (χ0n) is 19.7. The van der Waals surface area contributed by atoms with E-state index in [4.69, 9.17) is 9.72 Å². The third kappa shape index (κ3) is 6.94. The van der Waals surface area contributed by atoms with E-state index in [-0.39, 0.29) is 23.7 Å². The van der Waals surface area contributed by atoms with Crippen molar-refractivity contribution in [3.8, 4) is 5.88 Å². The Morgan fingerprint density at radius 3 is 2.32 bits per heavy atom. The molecule has 0 atom stereocenters. The van der Waals surface area contributed by atoms with Gasteiger partial charge in [-0.15, -0.1) is 11.8 Å². The number of amides is 2. The molecular formula is C24H27N5O3S2. The number of ether oxygens (including phenoxy) is 1. The molecule has 0 saturated heterocycles. The van der Waals surface area contributed by atoms with Crippen LogP contribution < -0.4 is 15.4 Å². The van der Waals surface area contributed by atoms with E-state index in [1.165, 1.54) is 31.2 Å². The monoisotopic (exact) mass is 497 g/mol. The van der Waals surface area contributed by atoms with Gasteiger partial charge in [0.25, 0.3) is 0 Å². The maximum Gasteiger partial charge on any atom is 0.231 e. The lowest BCUT2D eigenvalue weighted by atomic mass is 10.1. The molecule has 0 aliphatic rings. The number of anilines is 2. The Morgan fingerprint density at radius 1 is 1.00 bits per heavy atom. The van der Waals surface area contributed by atoms with Crippen molar-refractivity contribution in [2.75, 3.05) is 17.7 Å². The zero-order valence-corrected chi connectivity index (χ0v) is 21.3. The minimum absolute atomic E-state index is 0.122. The maximum absolute atomic E-state index is 11.8. The summed E-state index contributed by atoms with van der Waals surface area (Å²) >= 11 is 3.05. The van der Waals surface area contributed by atoms with Gasteiger partial charge in [0.05, 0.1) is 22.6 Å². The Labute approximate surface area is 207 Å². The molecule has 3 aromatic rings. The van der Waals surface area contributed by atoms with E-state index < -0.39 is 0 Å².